The lowest BCUT2D eigenvalue weighted by Gasteiger charge is -2.18. The van der Waals surface area contributed by atoms with Crippen LogP contribution in [0.5, 0.6) is 0 Å². The van der Waals surface area contributed by atoms with Crippen LogP contribution in [0.15, 0.2) is 54.9 Å². The van der Waals surface area contributed by atoms with Crippen LogP contribution < -0.4 is 10.6 Å². The largest absolute Gasteiger partial charge is 0.416 e. The average Bonchev–Trinajstić information content (AvgIpc) is 2.72. The number of alkyl halides is 3. The van der Waals surface area contributed by atoms with E-state index in [0.29, 0.717) is 0 Å². The van der Waals surface area contributed by atoms with Gasteiger partial charge in [-0.2, -0.15) is 13.2 Å². The minimum Gasteiger partial charge on any atom is -0.364 e. The minimum absolute atomic E-state index is 0.0244. The summed E-state index contributed by atoms with van der Waals surface area (Å²) in [5.41, 5.74) is 0.220. The highest BCUT2D eigenvalue weighted by Crippen LogP contribution is 2.34. The van der Waals surface area contributed by atoms with Crippen molar-refractivity contribution in [2.24, 2.45) is 0 Å². The number of rotatable bonds is 7. The fraction of sp³-hybridized carbons (Fsp3) is 0.227. The Kier molecular flexibility index (Phi) is 7.04. The monoisotopic (exact) mass is 447 g/mol. The second kappa shape index (κ2) is 9.73. The molecule has 168 valence electrons. The molecule has 2 N–H and O–H groups in total. The van der Waals surface area contributed by atoms with Gasteiger partial charge in [-0.3, -0.25) is 4.79 Å². The van der Waals surface area contributed by atoms with Crippen molar-refractivity contribution in [3.05, 3.63) is 83.1 Å². The number of benzene rings is 2. The predicted octanol–water partition coefficient (Wildman–Crippen LogP) is 4.56. The Hall–Kier alpha value is -3.53. The van der Waals surface area contributed by atoms with Gasteiger partial charge in [-0.25, -0.2) is 14.4 Å². The van der Waals surface area contributed by atoms with Crippen LogP contribution in [-0.2, 0) is 19.3 Å². The number of carbonyl (C=O) groups is 1. The lowest BCUT2D eigenvalue weighted by Crippen LogP contribution is -2.19. The summed E-state index contributed by atoms with van der Waals surface area (Å²) in [7, 11) is 3.31. The third-order valence-corrected chi connectivity index (χ3v) is 4.44. The zero-order valence-electron chi connectivity index (χ0n) is 17.4. The molecule has 2 aromatic carbocycles. The topological polar surface area (TPSA) is 70.2 Å². The molecule has 3 aromatic rings. The third-order valence-electron chi connectivity index (χ3n) is 4.44. The van der Waals surface area contributed by atoms with E-state index in [9.17, 15) is 22.4 Å². The summed E-state index contributed by atoms with van der Waals surface area (Å²) >= 11 is 0. The number of halogens is 4. The Bertz CT molecular complexity index is 1080. The first kappa shape index (κ1) is 23.1. The van der Waals surface area contributed by atoms with Crippen molar-refractivity contribution in [3.8, 4) is 0 Å². The summed E-state index contributed by atoms with van der Waals surface area (Å²) in [5, 5.41) is 5.55. The molecule has 0 saturated heterocycles. The summed E-state index contributed by atoms with van der Waals surface area (Å²) in [6, 6.07) is 9.25. The van der Waals surface area contributed by atoms with E-state index in [0.717, 1.165) is 11.6 Å². The number of amides is 1. The molecule has 1 amide bonds. The number of anilines is 2. The zero-order valence-corrected chi connectivity index (χ0v) is 17.4. The molecule has 0 bridgehead atoms. The van der Waals surface area contributed by atoms with E-state index < -0.39 is 17.6 Å². The SMILES string of the molecule is CN(C)Cc1cc(NC(=O)c2nccnc2NCc2ccc(F)cc2)ccc1C(F)(F)F. The number of nitrogens with zero attached hydrogens (tertiary/aromatic N) is 3. The van der Waals surface area contributed by atoms with Crippen LogP contribution in [0, 0.1) is 5.82 Å². The molecule has 32 heavy (non-hydrogen) atoms. The van der Waals surface area contributed by atoms with Crippen LogP contribution in [0.1, 0.15) is 27.2 Å². The molecule has 0 atom stereocenters. The van der Waals surface area contributed by atoms with Gasteiger partial charge in [0.15, 0.2) is 11.5 Å². The zero-order chi connectivity index (χ0) is 23.3. The summed E-state index contributed by atoms with van der Waals surface area (Å²) in [6.45, 7) is 0.320. The smallest absolute Gasteiger partial charge is 0.364 e. The molecular weight excluding hydrogens is 426 g/mol. The number of carbonyl (C=O) groups excluding carboxylic acids is 1. The van der Waals surface area contributed by atoms with Crippen LogP contribution in [0.2, 0.25) is 0 Å². The molecule has 10 heteroatoms. The van der Waals surface area contributed by atoms with Gasteiger partial charge in [0.1, 0.15) is 5.82 Å². The number of nitrogens with one attached hydrogen (secondary N) is 2. The molecule has 0 radical (unpaired) electrons. The molecule has 0 aliphatic carbocycles. The molecular formula is C22H21F4N5O. The van der Waals surface area contributed by atoms with E-state index in [-0.39, 0.29) is 41.7 Å². The Morgan fingerprint density at radius 2 is 1.72 bits per heavy atom. The highest BCUT2D eigenvalue weighted by atomic mass is 19.4. The fourth-order valence-corrected chi connectivity index (χ4v) is 3.03. The lowest BCUT2D eigenvalue weighted by atomic mass is 10.1. The molecule has 0 aliphatic rings. The van der Waals surface area contributed by atoms with Gasteiger partial charge < -0.3 is 15.5 Å². The Morgan fingerprint density at radius 1 is 1.03 bits per heavy atom. The lowest BCUT2D eigenvalue weighted by molar-refractivity contribution is -0.138. The molecule has 0 spiro atoms. The van der Waals surface area contributed by atoms with E-state index in [1.54, 1.807) is 31.1 Å². The molecule has 6 nitrogen and oxygen atoms in total. The van der Waals surface area contributed by atoms with Gasteiger partial charge in [0.25, 0.3) is 5.91 Å². The normalized spacial score (nSPS) is 11.5. The van der Waals surface area contributed by atoms with E-state index in [4.69, 9.17) is 0 Å². The fourth-order valence-electron chi connectivity index (χ4n) is 3.03. The quantitative estimate of drug-likeness (QED) is 0.520. The van der Waals surface area contributed by atoms with E-state index in [2.05, 4.69) is 20.6 Å². The van der Waals surface area contributed by atoms with E-state index >= 15 is 0 Å². The maximum absolute atomic E-state index is 13.3. The Labute approximate surface area is 182 Å². The van der Waals surface area contributed by atoms with Crippen molar-refractivity contribution in [1.82, 2.24) is 14.9 Å². The van der Waals surface area contributed by atoms with Gasteiger partial charge in [-0.15, -0.1) is 0 Å². The predicted molar refractivity (Wildman–Crippen MR) is 113 cm³/mol. The van der Waals surface area contributed by atoms with Crippen molar-refractivity contribution >= 4 is 17.4 Å². The first-order valence-corrected chi connectivity index (χ1v) is 9.59. The summed E-state index contributed by atoms with van der Waals surface area (Å²) in [4.78, 5) is 22.5. The maximum atomic E-state index is 13.3. The number of hydrogen-bond acceptors (Lipinski definition) is 5. The molecule has 0 unspecified atom stereocenters. The summed E-state index contributed by atoms with van der Waals surface area (Å²) < 4.78 is 53.0. The molecule has 0 saturated carbocycles. The van der Waals surface area contributed by atoms with E-state index in [1.165, 1.54) is 36.7 Å². The number of aromatic nitrogens is 2. The standard InChI is InChI=1S/C22H21F4N5O/c1-31(2)13-15-11-17(7-8-18(15)22(24,25)26)30-21(32)19-20(28-10-9-27-19)29-12-14-3-5-16(23)6-4-14/h3-11H,12-13H2,1-2H3,(H,28,29)(H,30,32). The third kappa shape index (κ3) is 6.01. The Morgan fingerprint density at radius 3 is 2.38 bits per heavy atom. The summed E-state index contributed by atoms with van der Waals surface area (Å²) in [6.07, 6.45) is -1.77. The van der Waals surface area contributed by atoms with Crippen LogP contribution in [-0.4, -0.2) is 34.9 Å². The van der Waals surface area contributed by atoms with Crippen molar-refractivity contribution in [2.45, 2.75) is 19.3 Å². The van der Waals surface area contributed by atoms with Crippen LogP contribution in [0.4, 0.5) is 29.1 Å². The molecule has 0 aliphatic heterocycles. The van der Waals surface area contributed by atoms with Crippen molar-refractivity contribution < 1.29 is 22.4 Å². The van der Waals surface area contributed by atoms with E-state index in [1.807, 2.05) is 0 Å². The van der Waals surface area contributed by atoms with Gasteiger partial charge >= 0.3 is 6.18 Å². The van der Waals surface area contributed by atoms with Crippen molar-refractivity contribution in [3.63, 3.8) is 0 Å². The van der Waals surface area contributed by atoms with Crippen LogP contribution in [0.3, 0.4) is 0 Å². The molecule has 1 heterocycles. The average molecular weight is 447 g/mol. The van der Waals surface area contributed by atoms with Gasteiger partial charge in [-0.05, 0) is 55.6 Å². The maximum Gasteiger partial charge on any atom is 0.416 e. The highest BCUT2D eigenvalue weighted by molar-refractivity contribution is 6.06. The second-order valence-electron chi connectivity index (χ2n) is 7.30. The van der Waals surface area contributed by atoms with Gasteiger partial charge in [0.05, 0.1) is 5.56 Å². The first-order chi connectivity index (χ1) is 15.1. The molecule has 3 rings (SSSR count). The van der Waals surface area contributed by atoms with Gasteiger partial charge in [-0.1, -0.05) is 12.1 Å². The molecule has 1 aromatic heterocycles. The van der Waals surface area contributed by atoms with Gasteiger partial charge in [0, 0.05) is 31.2 Å². The van der Waals surface area contributed by atoms with Crippen molar-refractivity contribution in [1.29, 1.82) is 0 Å². The second-order valence-corrected chi connectivity index (χ2v) is 7.30. The first-order valence-electron chi connectivity index (χ1n) is 9.59. The van der Waals surface area contributed by atoms with Crippen LogP contribution in [0.25, 0.3) is 0 Å². The summed E-state index contributed by atoms with van der Waals surface area (Å²) in [5.74, 6) is -0.802. The van der Waals surface area contributed by atoms with Crippen LogP contribution >= 0.6 is 0 Å². The van der Waals surface area contributed by atoms with Gasteiger partial charge in [0.2, 0.25) is 0 Å². The number of hydrogen-bond donors (Lipinski definition) is 2. The highest BCUT2D eigenvalue weighted by Gasteiger charge is 2.33. The Balaban J connectivity index is 1.79. The minimum atomic E-state index is -4.50. The molecule has 0 fully saturated rings. The van der Waals surface area contributed by atoms with Crippen molar-refractivity contribution in [2.75, 3.05) is 24.7 Å².